The largest absolute Gasteiger partial charge is 0.459 e. The number of alkyl halides is 3. The third-order valence-corrected chi connectivity index (χ3v) is 3.64. The van der Waals surface area contributed by atoms with E-state index in [4.69, 9.17) is 4.42 Å². The lowest BCUT2D eigenvalue weighted by molar-refractivity contribution is -0.214. The summed E-state index contributed by atoms with van der Waals surface area (Å²) in [5, 5.41) is 0. The molecule has 0 unspecified atom stereocenters. The summed E-state index contributed by atoms with van der Waals surface area (Å²) in [5.74, 6) is -1.55. The number of hydrogen-bond donors (Lipinski definition) is 0. The van der Waals surface area contributed by atoms with Crippen LogP contribution in [0.1, 0.15) is 30.8 Å². The Morgan fingerprint density at radius 2 is 2.16 bits per heavy atom. The van der Waals surface area contributed by atoms with E-state index in [2.05, 4.69) is 0 Å². The first-order chi connectivity index (χ1) is 8.72. The van der Waals surface area contributed by atoms with Gasteiger partial charge in [0.05, 0.1) is 12.2 Å². The molecule has 0 aromatic carbocycles. The van der Waals surface area contributed by atoms with Gasteiger partial charge in [0.25, 0.3) is 5.91 Å². The van der Waals surface area contributed by atoms with Gasteiger partial charge < -0.3 is 9.32 Å². The molecule has 0 radical (unpaired) electrons. The minimum absolute atomic E-state index is 0.0665. The summed E-state index contributed by atoms with van der Waals surface area (Å²) < 4.78 is 43.7. The smallest absolute Gasteiger partial charge is 0.392 e. The van der Waals surface area contributed by atoms with Crippen LogP contribution < -0.4 is 0 Å². The maximum Gasteiger partial charge on any atom is 0.392 e. The van der Waals surface area contributed by atoms with Gasteiger partial charge in [0.15, 0.2) is 5.76 Å². The van der Waals surface area contributed by atoms with Gasteiger partial charge in [0.2, 0.25) is 0 Å². The topological polar surface area (TPSA) is 33.5 Å². The van der Waals surface area contributed by atoms with Crippen molar-refractivity contribution in [3.63, 3.8) is 0 Å². The fourth-order valence-electron chi connectivity index (χ4n) is 2.69. The van der Waals surface area contributed by atoms with Crippen molar-refractivity contribution in [1.82, 2.24) is 4.90 Å². The van der Waals surface area contributed by atoms with Gasteiger partial charge in [-0.2, -0.15) is 13.2 Å². The van der Waals surface area contributed by atoms with Crippen LogP contribution in [-0.2, 0) is 0 Å². The van der Waals surface area contributed by atoms with Crippen molar-refractivity contribution in [1.29, 1.82) is 0 Å². The van der Waals surface area contributed by atoms with Crippen molar-refractivity contribution in [2.24, 2.45) is 11.3 Å². The number of halogens is 3. The fourth-order valence-corrected chi connectivity index (χ4v) is 2.69. The van der Waals surface area contributed by atoms with Crippen molar-refractivity contribution < 1.29 is 22.4 Å². The number of rotatable bonds is 1. The van der Waals surface area contributed by atoms with Crippen LogP contribution in [0.2, 0.25) is 0 Å². The number of carbonyl (C=O) groups excluding carboxylic acids is 1. The predicted molar refractivity (Wildman–Crippen MR) is 62.6 cm³/mol. The van der Waals surface area contributed by atoms with Gasteiger partial charge in [-0.05, 0) is 24.0 Å². The summed E-state index contributed by atoms with van der Waals surface area (Å²) in [5.41, 5.74) is -0.987. The molecular formula is C13H16F3NO2. The second-order valence-corrected chi connectivity index (χ2v) is 5.58. The van der Waals surface area contributed by atoms with Crippen LogP contribution in [-0.4, -0.2) is 30.1 Å². The first kappa shape index (κ1) is 14.0. The summed E-state index contributed by atoms with van der Waals surface area (Å²) in [4.78, 5) is 13.5. The molecule has 6 heteroatoms. The quantitative estimate of drug-likeness (QED) is 0.787. The average molecular weight is 275 g/mol. The van der Waals surface area contributed by atoms with Gasteiger partial charge >= 0.3 is 6.18 Å². The number of amides is 1. The highest BCUT2D eigenvalue weighted by atomic mass is 19.4. The Labute approximate surface area is 109 Å². The molecule has 1 aromatic heterocycles. The fraction of sp³-hybridized carbons (Fsp3) is 0.615. The van der Waals surface area contributed by atoms with Gasteiger partial charge in [-0.1, -0.05) is 13.8 Å². The Hall–Kier alpha value is -1.46. The van der Waals surface area contributed by atoms with E-state index in [1.165, 1.54) is 17.2 Å². The van der Waals surface area contributed by atoms with Crippen molar-refractivity contribution in [2.75, 3.05) is 13.1 Å². The highest BCUT2D eigenvalue weighted by Crippen LogP contribution is 2.45. The molecule has 0 saturated carbocycles. The number of nitrogens with zero attached hydrogens (tertiary/aromatic N) is 1. The van der Waals surface area contributed by atoms with Gasteiger partial charge in [0.1, 0.15) is 0 Å². The Morgan fingerprint density at radius 3 is 2.63 bits per heavy atom. The first-order valence-corrected chi connectivity index (χ1v) is 6.11. The van der Waals surface area contributed by atoms with E-state index < -0.39 is 17.5 Å². The van der Waals surface area contributed by atoms with E-state index in [9.17, 15) is 18.0 Å². The summed E-state index contributed by atoms with van der Waals surface area (Å²) in [6.07, 6.45) is -2.91. The lowest BCUT2D eigenvalue weighted by Crippen LogP contribution is -2.52. The van der Waals surface area contributed by atoms with Crippen LogP contribution in [0.15, 0.2) is 22.8 Å². The lowest BCUT2D eigenvalue weighted by atomic mass is 9.73. The van der Waals surface area contributed by atoms with Gasteiger partial charge in [-0.15, -0.1) is 0 Å². The normalized spacial score (nSPS) is 23.4. The lowest BCUT2D eigenvalue weighted by Gasteiger charge is -2.44. The van der Waals surface area contributed by atoms with Crippen LogP contribution in [0.5, 0.6) is 0 Å². The third-order valence-electron chi connectivity index (χ3n) is 3.64. The van der Waals surface area contributed by atoms with Crippen molar-refractivity contribution >= 4 is 5.91 Å². The minimum atomic E-state index is -4.22. The second-order valence-electron chi connectivity index (χ2n) is 5.58. The molecule has 0 bridgehead atoms. The summed E-state index contributed by atoms with van der Waals surface area (Å²) >= 11 is 0. The van der Waals surface area contributed by atoms with Crippen molar-refractivity contribution in [3.8, 4) is 0 Å². The number of furan rings is 1. The van der Waals surface area contributed by atoms with E-state index >= 15 is 0 Å². The molecule has 0 N–H and O–H groups in total. The van der Waals surface area contributed by atoms with Gasteiger partial charge in [-0.25, -0.2) is 0 Å². The Morgan fingerprint density at radius 1 is 1.47 bits per heavy atom. The monoisotopic (exact) mass is 275 g/mol. The molecule has 1 aromatic rings. The third kappa shape index (κ3) is 2.77. The Balaban J connectivity index is 2.12. The molecule has 2 rings (SSSR count). The zero-order valence-corrected chi connectivity index (χ0v) is 10.8. The number of hydrogen-bond acceptors (Lipinski definition) is 2. The highest BCUT2D eigenvalue weighted by molar-refractivity contribution is 5.91. The molecule has 1 atom stereocenters. The van der Waals surface area contributed by atoms with E-state index in [0.29, 0.717) is 0 Å². The molecule has 3 nitrogen and oxygen atoms in total. The van der Waals surface area contributed by atoms with Gasteiger partial charge in [-0.3, -0.25) is 4.79 Å². The van der Waals surface area contributed by atoms with Crippen LogP contribution >= 0.6 is 0 Å². The van der Waals surface area contributed by atoms with E-state index in [-0.39, 0.29) is 31.2 Å². The van der Waals surface area contributed by atoms with Crippen LogP contribution in [0.25, 0.3) is 0 Å². The van der Waals surface area contributed by atoms with Crippen LogP contribution in [0.4, 0.5) is 13.2 Å². The molecule has 2 heterocycles. The van der Waals surface area contributed by atoms with E-state index in [0.717, 1.165) is 0 Å². The van der Waals surface area contributed by atoms with Gasteiger partial charge in [0, 0.05) is 13.1 Å². The molecule has 19 heavy (non-hydrogen) atoms. The zero-order valence-electron chi connectivity index (χ0n) is 10.8. The molecule has 1 aliphatic heterocycles. The molecule has 1 saturated heterocycles. The van der Waals surface area contributed by atoms with Crippen LogP contribution in [0, 0.1) is 11.3 Å². The average Bonchev–Trinajstić information content (AvgIpc) is 2.77. The number of piperidine rings is 1. The standard InChI is InChI=1S/C13H16F3NO2/c1-12(2)8-17(6-5-10(12)13(14,15)16)11(18)9-4-3-7-19-9/h3-4,7,10H,5-6,8H2,1-2H3/t10-/m1/s1. The summed E-state index contributed by atoms with van der Waals surface area (Å²) in [7, 11) is 0. The zero-order chi connectivity index (χ0) is 14.3. The predicted octanol–water partition coefficient (Wildman–Crippen LogP) is 3.33. The summed E-state index contributed by atoms with van der Waals surface area (Å²) in [6.45, 7) is 3.28. The Kier molecular flexibility index (Phi) is 3.36. The maximum atomic E-state index is 12.9. The molecule has 0 aliphatic carbocycles. The first-order valence-electron chi connectivity index (χ1n) is 6.11. The number of carbonyl (C=O) groups is 1. The summed E-state index contributed by atoms with van der Waals surface area (Å²) in [6, 6.07) is 3.10. The molecule has 106 valence electrons. The molecular weight excluding hydrogens is 259 g/mol. The molecule has 0 spiro atoms. The van der Waals surface area contributed by atoms with Crippen molar-refractivity contribution in [3.05, 3.63) is 24.2 Å². The number of likely N-dealkylation sites (tertiary alicyclic amines) is 1. The second kappa shape index (κ2) is 4.58. The maximum absolute atomic E-state index is 12.9. The van der Waals surface area contributed by atoms with E-state index in [1.807, 2.05) is 0 Å². The molecule has 1 aliphatic rings. The molecule has 1 fully saturated rings. The minimum Gasteiger partial charge on any atom is -0.459 e. The Bertz CT molecular complexity index is 451. The van der Waals surface area contributed by atoms with E-state index in [1.54, 1.807) is 19.9 Å². The van der Waals surface area contributed by atoms with Crippen LogP contribution in [0.3, 0.4) is 0 Å². The SMILES string of the molecule is CC1(C)CN(C(=O)c2ccco2)CC[C@H]1C(F)(F)F. The molecule has 1 amide bonds. The van der Waals surface area contributed by atoms with Crippen molar-refractivity contribution in [2.45, 2.75) is 26.4 Å². The highest BCUT2D eigenvalue weighted by Gasteiger charge is 2.51.